The van der Waals surface area contributed by atoms with E-state index in [1.54, 1.807) is 18.2 Å². The van der Waals surface area contributed by atoms with Gasteiger partial charge in [-0.1, -0.05) is 29.8 Å². The molecule has 0 saturated heterocycles. The molecule has 0 saturated carbocycles. The van der Waals surface area contributed by atoms with E-state index in [9.17, 15) is 4.79 Å². The summed E-state index contributed by atoms with van der Waals surface area (Å²) in [6.45, 7) is 0. The molecule has 0 atom stereocenters. The molecule has 0 radical (unpaired) electrons. The molecule has 4 heteroatoms. The molecule has 0 aliphatic carbocycles. The van der Waals surface area contributed by atoms with Gasteiger partial charge in [-0.15, -0.1) is 0 Å². The minimum absolute atomic E-state index is 0.0692. The van der Waals surface area contributed by atoms with Crippen LogP contribution in [0.1, 0.15) is 15.9 Å². The fourth-order valence-electron chi connectivity index (χ4n) is 2.52. The number of halogens is 1. The second-order valence-electron chi connectivity index (χ2n) is 4.84. The van der Waals surface area contributed by atoms with Crippen molar-refractivity contribution >= 4 is 28.3 Å². The first kappa shape index (κ1) is 13.7. The molecule has 3 nitrogen and oxygen atoms in total. The summed E-state index contributed by atoms with van der Waals surface area (Å²) in [5.74, 6) is 0.417. The number of nitrogens with zero attached hydrogens (tertiary/aromatic N) is 1. The van der Waals surface area contributed by atoms with Crippen LogP contribution in [-0.4, -0.2) is 17.5 Å². The van der Waals surface area contributed by atoms with E-state index >= 15 is 0 Å². The highest BCUT2D eigenvalue weighted by molar-refractivity contribution is 6.31. The van der Waals surface area contributed by atoms with Gasteiger partial charge >= 0.3 is 0 Å². The number of methoxy groups -OCH3 is 1. The van der Waals surface area contributed by atoms with Crippen LogP contribution in [0, 0.1) is 0 Å². The molecule has 0 bridgehead atoms. The van der Waals surface area contributed by atoms with E-state index < -0.39 is 0 Å². The zero-order valence-electron chi connectivity index (χ0n) is 11.8. The molecule has 0 amide bonds. The molecular formula is C17H14ClNO2. The zero-order valence-corrected chi connectivity index (χ0v) is 12.5. The Morgan fingerprint density at radius 3 is 2.67 bits per heavy atom. The summed E-state index contributed by atoms with van der Waals surface area (Å²) in [4.78, 5) is 12.8. The lowest BCUT2D eigenvalue weighted by molar-refractivity contribution is 0.103. The Hall–Kier alpha value is -2.26. The molecule has 0 aliphatic heterocycles. The first-order valence-corrected chi connectivity index (χ1v) is 6.92. The number of hydrogen-bond acceptors (Lipinski definition) is 2. The molecular weight excluding hydrogens is 286 g/mol. The number of ketones is 1. The van der Waals surface area contributed by atoms with Gasteiger partial charge < -0.3 is 9.30 Å². The molecule has 2 aromatic carbocycles. The lowest BCUT2D eigenvalue weighted by Gasteiger charge is -2.07. The molecule has 1 aromatic heterocycles. The molecule has 1 heterocycles. The number of ether oxygens (including phenoxy) is 1. The van der Waals surface area contributed by atoms with Gasteiger partial charge in [-0.3, -0.25) is 4.79 Å². The van der Waals surface area contributed by atoms with Crippen molar-refractivity contribution in [2.24, 2.45) is 7.05 Å². The SMILES string of the molecule is COc1cc(Cl)ccc1C(=O)c1cn(C)c2ccccc12. The highest BCUT2D eigenvalue weighted by atomic mass is 35.5. The van der Waals surface area contributed by atoms with Crippen LogP contribution in [0.5, 0.6) is 5.75 Å². The Kier molecular flexibility index (Phi) is 3.43. The fourth-order valence-corrected chi connectivity index (χ4v) is 2.68. The van der Waals surface area contributed by atoms with Gasteiger partial charge in [-0.25, -0.2) is 0 Å². The summed E-state index contributed by atoms with van der Waals surface area (Å²) in [5, 5.41) is 1.48. The van der Waals surface area contributed by atoms with Gasteiger partial charge in [-0.2, -0.15) is 0 Å². The average Bonchev–Trinajstić information content (AvgIpc) is 2.84. The predicted molar refractivity (Wildman–Crippen MR) is 84.4 cm³/mol. The van der Waals surface area contributed by atoms with Crippen LogP contribution >= 0.6 is 11.6 Å². The molecule has 0 unspecified atom stereocenters. The van der Waals surface area contributed by atoms with Crippen LogP contribution in [0.25, 0.3) is 10.9 Å². The normalized spacial score (nSPS) is 10.8. The van der Waals surface area contributed by atoms with Crippen LogP contribution in [0.2, 0.25) is 5.02 Å². The van der Waals surface area contributed by atoms with Crippen molar-refractivity contribution < 1.29 is 9.53 Å². The van der Waals surface area contributed by atoms with Gasteiger partial charge in [0.2, 0.25) is 0 Å². The summed E-state index contributed by atoms with van der Waals surface area (Å²) in [5.41, 5.74) is 2.20. The Labute approximate surface area is 127 Å². The van der Waals surface area contributed by atoms with Gasteiger partial charge in [0, 0.05) is 34.7 Å². The molecule has 21 heavy (non-hydrogen) atoms. The Balaban J connectivity index is 2.17. The van der Waals surface area contributed by atoms with Crippen molar-refractivity contribution in [2.45, 2.75) is 0 Å². The fraction of sp³-hybridized carbons (Fsp3) is 0.118. The Bertz CT molecular complexity index is 836. The number of benzene rings is 2. The number of carbonyl (C=O) groups is 1. The van der Waals surface area contributed by atoms with E-state index in [0.717, 1.165) is 10.9 Å². The van der Waals surface area contributed by atoms with Crippen LogP contribution in [-0.2, 0) is 7.05 Å². The molecule has 3 aromatic rings. The Morgan fingerprint density at radius 1 is 1.14 bits per heavy atom. The minimum atomic E-state index is -0.0692. The smallest absolute Gasteiger partial charge is 0.198 e. The predicted octanol–water partition coefficient (Wildman–Crippen LogP) is 4.07. The number of fused-ring (bicyclic) bond motifs is 1. The molecule has 0 N–H and O–H groups in total. The lowest BCUT2D eigenvalue weighted by Crippen LogP contribution is -2.03. The maximum Gasteiger partial charge on any atom is 0.198 e. The van der Waals surface area contributed by atoms with Crippen LogP contribution in [0.15, 0.2) is 48.7 Å². The Morgan fingerprint density at radius 2 is 1.90 bits per heavy atom. The summed E-state index contributed by atoms with van der Waals surface area (Å²) in [7, 11) is 3.46. The summed E-state index contributed by atoms with van der Waals surface area (Å²) in [6.07, 6.45) is 1.85. The van der Waals surface area contributed by atoms with Crippen molar-refractivity contribution in [2.75, 3.05) is 7.11 Å². The van der Waals surface area contributed by atoms with E-state index in [0.29, 0.717) is 21.9 Å². The summed E-state index contributed by atoms with van der Waals surface area (Å²) < 4.78 is 7.22. The van der Waals surface area contributed by atoms with Gasteiger partial charge in [-0.05, 0) is 24.3 Å². The molecule has 3 rings (SSSR count). The standard InChI is InChI=1S/C17H14ClNO2/c1-19-10-14(12-5-3-4-6-15(12)19)17(20)13-8-7-11(18)9-16(13)21-2/h3-10H,1-2H3. The van der Waals surface area contributed by atoms with Gasteiger partial charge in [0.25, 0.3) is 0 Å². The van der Waals surface area contributed by atoms with Crippen LogP contribution in [0.3, 0.4) is 0 Å². The third-order valence-corrected chi connectivity index (χ3v) is 3.78. The van der Waals surface area contributed by atoms with Crippen LogP contribution in [0.4, 0.5) is 0 Å². The van der Waals surface area contributed by atoms with Gasteiger partial charge in [0.05, 0.1) is 12.7 Å². The summed E-state index contributed by atoms with van der Waals surface area (Å²) in [6, 6.07) is 12.9. The van der Waals surface area contributed by atoms with Crippen molar-refractivity contribution in [3.05, 3.63) is 64.8 Å². The van der Waals surface area contributed by atoms with Gasteiger partial charge in [0.1, 0.15) is 5.75 Å². The average molecular weight is 300 g/mol. The maximum absolute atomic E-state index is 12.8. The van der Waals surface area contributed by atoms with Gasteiger partial charge in [0.15, 0.2) is 5.78 Å². The number of carbonyl (C=O) groups excluding carboxylic acids is 1. The zero-order chi connectivity index (χ0) is 15.0. The van der Waals surface area contributed by atoms with E-state index in [2.05, 4.69) is 0 Å². The second kappa shape index (κ2) is 5.26. The topological polar surface area (TPSA) is 31.2 Å². The number of hydrogen-bond donors (Lipinski definition) is 0. The van der Waals surface area contributed by atoms with Crippen molar-refractivity contribution in [1.29, 1.82) is 0 Å². The van der Waals surface area contributed by atoms with E-state index in [1.807, 2.05) is 42.1 Å². The van der Waals surface area contributed by atoms with Crippen LogP contribution < -0.4 is 4.74 Å². The highest BCUT2D eigenvalue weighted by Gasteiger charge is 2.19. The molecule has 0 fully saturated rings. The minimum Gasteiger partial charge on any atom is -0.496 e. The number of rotatable bonds is 3. The summed E-state index contributed by atoms with van der Waals surface area (Å²) >= 11 is 5.95. The number of para-hydroxylation sites is 1. The first-order chi connectivity index (χ1) is 10.1. The quantitative estimate of drug-likeness (QED) is 0.683. The third kappa shape index (κ3) is 2.30. The molecule has 0 spiro atoms. The number of aryl methyl sites for hydroxylation is 1. The largest absolute Gasteiger partial charge is 0.496 e. The van der Waals surface area contributed by atoms with E-state index in [4.69, 9.17) is 16.3 Å². The van der Waals surface area contributed by atoms with Crippen molar-refractivity contribution in [3.63, 3.8) is 0 Å². The third-order valence-electron chi connectivity index (χ3n) is 3.55. The monoisotopic (exact) mass is 299 g/mol. The van der Waals surface area contributed by atoms with Crippen molar-refractivity contribution in [1.82, 2.24) is 4.57 Å². The highest BCUT2D eigenvalue weighted by Crippen LogP contribution is 2.29. The van der Waals surface area contributed by atoms with Crippen molar-refractivity contribution in [3.8, 4) is 5.75 Å². The molecule has 0 aliphatic rings. The second-order valence-corrected chi connectivity index (χ2v) is 5.28. The lowest BCUT2D eigenvalue weighted by atomic mass is 10.0. The first-order valence-electron chi connectivity index (χ1n) is 6.54. The number of aromatic nitrogens is 1. The van der Waals surface area contributed by atoms with E-state index in [1.165, 1.54) is 7.11 Å². The van der Waals surface area contributed by atoms with E-state index in [-0.39, 0.29) is 5.78 Å². The molecule has 106 valence electrons. The maximum atomic E-state index is 12.8.